The lowest BCUT2D eigenvalue weighted by atomic mass is 9.42. The zero-order valence-electron chi connectivity index (χ0n) is 27.1. The summed E-state index contributed by atoms with van der Waals surface area (Å²) in [6.45, 7) is 8.22. The molecule has 0 spiro atoms. The number of aliphatic hydroxyl groups excluding tert-OH is 1. The second kappa shape index (κ2) is 11.9. The highest BCUT2D eigenvalue weighted by Gasteiger charge is 2.70. The summed E-state index contributed by atoms with van der Waals surface area (Å²) in [6, 6.07) is 13.6. The number of aliphatic hydroxyl groups is 1. The molecule has 2 saturated carbocycles. The van der Waals surface area contributed by atoms with Gasteiger partial charge in [0.25, 0.3) is 0 Å². The van der Waals surface area contributed by atoms with Crippen molar-refractivity contribution in [1.82, 2.24) is 4.98 Å². The van der Waals surface area contributed by atoms with E-state index >= 15 is 0 Å². The van der Waals surface area contributed by atoms with Crippen LogP contribution in [0.1, 0.15) is 75.9 Å². The highest BCUT2D eigenvalue weighted by molar-refractivity contribution is 5.89. The van der Waals surface area contributed by atoms with E-state index in [-0.39, 0.29) is 30.1 Å². The van der Waals surface area contributed by atoms with E-state index in [4.69, 9.17) is 23.4 Å². The Bertz CT molecular complexity index is 1740. The number of aromatic nitrogens is 1. The zero-order valence-corrected chi connectivity index (χ0v) is 27.1. The molecule has 2 aromatic heterocycles. The maximum Gasteiger partial charge on any atom is 0.345 e. The minimum Gasteiger partial charge on any atom is -0.482 e. The van der Waals surface area contributed by atoms with Gasteiger partial charge < -0.3 is 28.5 Å². The quantitative estimate of drug-likeness (QED) is 0.283. The van der Waals surface area contributed by atoms with Crippen LogP contribution in [0.15, 0.2) is 70.1 Å². The van der Waals surface area contributed by atoms with Crippen molar-refractivity contribution in [1.29, 1.82) is 0 Å². The van der Waals surface area contributed by atoms with Gasteiger partial charge in [0.2, 0.25) is 0 Å². The van der Waals surface area contributed by atoms with Crippen molar-refractivity contribution >= 4 is 17.9 Å². The van der Waals surface area contributed by atoms with Gasteiger partial charge in [0.15, 0.2) is 0 Å². The van der Waals surface area contributed by atoms with Crippen molar-refractivity contribution in [3.8, 4) is 17.1 Å². The summed E-state index contributed by atoms with van der Waals surface area (Å²) in [5.41, 5.74) is -2.88. The molecule has 3 unspecified atom stereocenters. The SMILES string of the molecule is CC(=O)O[C@H]1CC[C@@]2(C)C(C[C@H](OC(C)=O)[C@@]3(C)Oc4cc(-c5cccnc5)oc(=O)c4C(O)C23)[C@]1(C)COC(=O)c1ccccc1. The molecule has 1 N–H and O–H groups in total. The maximum atomic E-state index is 13.6. The Hall–Kier alpha value is -4.51. The summed E-state index contributed by atoms with van der Waals surface area (Å²) >= 11 is 0. The van der Waals surface area contributed by atoms with Gasteiger partial charge in [-0.1, -0.05) is 32.0 Å². The molecule has 0 radical (unpaired) electrons. The average Bonchev–Trinajstić information content (AvgIpc) is 3.02. The highest BCUT2D eigenvalue weighted by Crippen LogP contribution is 2.67. The first-order valence-corrected chi connectivity index (χ1v) is 15.8. The third kappa shape index (κ3) is 5.50. The second-order valence-electron chi connectivity index (χ2n) is 13.6. The van der Waals surface area contributed by atoms with Crippen molar-refractivity contribution in [2.24, 2.45) is 22.7 Å². The predicted octanol–water partition coefficient (Wildman–Crippen LogP) is 5.05. The van der Waals surface area contributed by atoms with E-state index in [2.05, 4.69) is 4.98 Å². The molecule has 0 amide bonds. The first kappa shape index (κ1) is 32.4. The molecule has 11 nitrogen and oxygen atoms in total. The monoisotopic (exact) mass is 645 g/mol. The lowest BCUT2D eigenvalue weighted by Crippen LogP contribution is -2.71. The molecule has 3 aromatic rings. The van der Waals surface area contributed by atoms with Gasteiger partial charge in [-0.15, -0.1) is 0 Å². The Morgan fingerprint density at radius 3 is 2.36 bits per heavy atom. The van der Waals surface area contributed by atoms with Crippen LogP contribution in [0.5, 0.6) is 5.75 Å². The second-order valence-corrected chi connectivity index (χ2v) is 13.6. The minimum atomic E-state index is -1.37. The fourth-order valence-electron chi connectivity index (χ4n) is 8.66. The number of ether oxygens (including phenoxy) is 4. The molecule has 47 heavy (non-hydrogen) atoms. The first-order valence-electron chi connectivity index (χ1n) is 15.8. The first-order chi connectivity index (χ1) is 22.3. The van der Waals surface area contributed by atoms with Gasteiger partial charge in [-0.05, 0) is 61.8 Å². The van der Waals surface area contributed by atoms with Crippen LogP contribution in [0.25, 0.3) is 11.3 Å². The predicted molar refractivity (Wildman–Crippen MR) is 167 cm³/mol. The van der Waals surface area contributed by atoms with Crippen LogP contribution in [0, 0.1) is 22.7 Å². The van der Waals surface area contributed by atoms with Gasteiger partial charge in [0.05, 0.1) is 11.7 Å². The summed E-state index contributed by atoms with van der Waals surface area (Å²) in [4.78, 5) is 55.7. The summed E-state index contributed by atoms with van der Waals surface area (Å²) in [6.07, 6.45) is 1.36. The maximum absolute atomic E-state index is 13.6. The Morgan fingerprint density at radius 1 is 1.00 bits per heavy atom. The molecule has 2 aliphatic carbocycles. The highest BCUT2D eigenvalue weighted by atomic mass is 16.6. The molecule has 11 heteroatoms. The molecule has 8 atom stereocenters. The Kier molecular flexibility index (Phi) is 8.24. The molecular weight excluding hydrogens is 606 g/mol. The summed E-state index contributed by atoms with van der Waals surface area (Å²) < 4.78 is 30.1. The smallest absolute Gasteiger partial charge is 0.345 e. The molecule has 1 aromatic carbocycles. The third-order valence-corrected chi connectivity index (χ3v) is 10.7. The average molecular weight is 646 g/mol. The molecule has 3 heterocycles. The van der Waals surface area contributed by atoms with Gasteiger partial charge in [-0.3, -0.25) is 14.6 Å². The van der Waals surface area contributed by atoms with Crippen molar-refractivity contribution in [2.75, 3.05) is 6.61 Å². The summed E-state index contributed by atoms with van der Waals surface area (Å²) in [5, 5.41) is 12.2. The number of rotatable bonds is 6. The fraction of sp³-hybridized carbons (Fsp3) is 0.472. The number of esters is 3. The van der Waals surface area contributed by atoms with Crippen LogP contribution in [-0.2, 0) is 23.8 Å². The van der Waals surface area contributed by atoms with E-state index in [1.54, 1.807) is 67.8 Å². The van der Waals surface area contributed by atoms with E-state index in [1.807, 2.05) is 13.8 Å². The Morgan fingerprint density at radius 2 is 1.70 bits per heavy atom. The Balaban J connectivity index is 1.45. The number of hydrogen-bond acceptors (Lipinski definition) is 11. The molecule has 1 aliphatic heterocycles. The lowest BCUT2D eigenvalue weighted by molar-refractivity contribution is -0.269. The zero-order chi connectivity index (χ0) is 33.7. The topological polar surface area (TPSA) is 151 Å². The van der Waals surface area contributed by atoms with Crippen LogP contribution in [-0.4, -0.2) is 52.4 Å². The summed E-state index contributed by atoms with van der Waals surface area (Å²) in [7, 11) is 0. The molecular formula is C36H39NO10. The fourth-order valence-corrected chi connectivity index (χ4v) is 8.66. The van der Waals surface area contributed by atoms with E-state index in [9.17, 15) is 24.3 Å². The van der Waals surface area contributed by atoms with Crippen LogP contribution in [0.4, 0.5) is 0 Å². The van der Waals surface area contributed by atoms with E-state index in [1.165, 1.54) is 13.8 Å². The van der Waals surface area contributed by atoms with Gasteiger partial charge in [0, 0.05) is 49.2 Å². The number of fused-ring (bicyclic) bond motifs is 4. The summed E-state index contributed by atoms with van der Waals surface area (Å²) in [5.74, 6) is -2.41. The minimum absolute atomic E-state index is 0.0251. The number of hydrogen-bond donors (Lipinski definition) is 1. The van der Waals surface area contributed by atoms with Crippen LogP contribution < -0.4 is 10.4 Å². The van der Waals surface area contributed by atoms with Crippen LogP contribution in [0.3, 0.4) is 0 Å². The third-order valence-electron chi connectivity index (χ3n) is 10.7. The lowest BCUT2D eigenvalue weighted by Gasteiger charge is -2.66. The van der Waals surface area contributed by atoms with E-state index in [0.29, 0.717) is 24.0 Å². The molecule has 0 bridgehead atoms. The van der Waals surface area contributed by atoms with Crippen LogP contribution >= 0.6 is 0 Å². The van der Waals surface area contributed by atoms with Gasteiger partial charge in [0.1, 0.15) is 41.5 Å². The number of carbonyl (C=O) groups is 3. The van der Waals surface area contributed by atoms with Crippen molar-refractivity contribution in [3.63, 3.8) is 0 Å². The molecule has 248 valence electrons. The number of nitrogens with zero attached hydrogens (tertiary/aromatic N) is 1. The number of pyridine rings is 1. The molecule has 6 rings (SSSR count). The molecule has 3 aliphatic rings. The van der Waals surface area contributed by atoms with Crippen molar-refractivity contribution in [2.45, 2.75) is 77.8 Å². The Labute approximate surface area is 272 Å². The molecule has 0 saturated heterocycles. The largest absolute Gasteiger partial charge is 0.482 e. The van der Waals surface area contributed by atoms with Crippen molar-refractivity contribution in [3.05, 3.63) is 82.5 Å². The standard InChI is InChI=1S/C36H39NO10/c1-20(38)44-27-13-14-34(3)26(35(27,4)19-43-32(41)22-10-7-6-8-11-22)17-28(45-21(2)39)36(5)31(34)30(40)29-25(47-36)16-24(46-33(29)42)23-12-9-15-37-18-23/h6-12,15-16,18,26-28,30-31,40H,13-14,17,19H2,1-5H3/t26?,27-,28-,30?,31?,34-,35-,36+/m0/s1. The van der Waals surface area contributed by atoms with Gasteiger partial charge in [-0.25, -0.2) is 9.59 Å². The normalized spacial score (nSPS) is 32.4. The number of carbonyl (C=O) groups excluding carboxylic acids is 3. The van der Waals surface area contributed by atoms with Crippen LogP contribution in [0.2, 0.25) is 0 Å². The van der Waals surface area contributed by atoms with E-state index in [0.717, 1.165) is 0 Å². The van der Waals surface area contributed by atoms with Gasteiger partial charge >= 0.3 is 23.5 Å². The van der Waals surface area contributed by atoms with E-state index < -0.39 is 70.1 Å². The van der Waals surface area contributed by atoms with Crippen molar-refractivity contribution < 1.29 is 42.9 Å². The number of benzene rings is 1. The molecule has 2 fully saturated rings. The van der Waals surface area contributed by atoms with Gasteiger partial charge in [-0.2, -0.15) is 0 Å².